The molecule has 0 saturated carbocycles. The van der Waals surface area contributed by atoms with Gasteiger partial charge < -0.3 is 4.74 Å². The number of fused-ring (bicyclic) bond motifs is 2. The van der Waals surface area contributed by atoms with Crippen molar-refractivity contribution in [3.63, 3.8) is 0 Å². The minimum Gasteiger partial charge on any atom is -0.375 e. The van der Waals surface area contributed by atoms with Gasteiger partial charge in [0.1, 0.15) is 17.3 Å². The van der Waals surface area contributed by atoms with Crippen molar-refractivity contribution < 1.29 is 17.5 Å². The second-order valence-corrected chi connectivity index (χ2v) is 9.51. The molecule has 2 aromatic carbocycles. The highest BCUT2D eigenvalue weighted by Crippen LogP contribution is 2.29. The van der Waals surface area contributed by atoms with E-state index in [1.807, 2.05) is 30.3 Å². The molecule has 2 fully saturated rings. The summed E-state index contributed by atoms with van der Waals surface area (Å²) in [5, 5.41) is 9.71. The maximum absolute atomic E-state index is 14.9. The first-order valence-electron chi connectivity index (χ1n) is 10.0. The van der Waals surface area contributed by atoms with Crippen molar-refractivity contribution in [2.24, 2.45) is 5.14 Å². The van der Waals surface area contributed by atoms with Gasteiger partial charge >= 0.3 is 0 Å². The van der Waals surface area contributed by atoms with Gasteiger partial charge in [0, 0.05) is 19.0 Å². The number of nitrogens with two attached hydrogens (primary N) is 1. The third kappa shape index (κ3) is 4.11. The highest BCUT2D eigenvalue weighted by Gasteiger charge is 2.39. The van der Waals surface area contributed by atoms with E-state index in [0.717, 1.165) is 24.6 Å². The summed E-state index contributed by atoms with van der Waals surface area (Å²) in [5.74, 6) is 0.434. The monoisotopic (exact) mass is 443 g/mol. The number of likely N-dealkylation sites (tertiary alicyclic amines) is 1. The molecule has 0 spiro atoms. The molecule has 3 heterocycles. The van der Waals surface area contributed by atoms with E-state index in [-0.39, 0.29) is 16.7 Å². The number of benzene rings is 2. The van der Waals surface area contributed by atoms with Gasteiger partial charge in [0.2, 0.25) is 10.0 Å². The Morgan fingerprint density at radius 3 is 2.65 bits per heavy atom. The SMILES string of the molecule is NS(=O)(=O)c1ccc(-n2nc(CN3C[C@@H]4C[C@H]3CO4)nc2Cc2ccccc2)c(F)c1. The number of ether oxygens (including phenoxy) is 1. The summed E-state index contributed by atoms with van der Waals surface area (Å²) in [6, 6.07) is 13.6. The molecule has 2 saturated heterocycles. The zero-order valence-corrected chi connectivity index (χ0v) is 17.5. The molecule has 0 radical (unpaired) electrons. The first-order chi connectivity index (χ1) is 14.9. The smallest absolute Gasteiger partial charge is 0.238 e. The van der Waals surface area contributed by atoms with Crippen LogP contribution in [-0.2, 0) is 27.7 Å². The molecule has 1 aromatic heterocycles. The maximum Gasteiger partial charge on any atom is 0.238 e. The molecule has 10 heteroatoms. The maximum atomic E-state index is 14.9. The Kier molecular flexibility index (Phi) is 5.09. The average Bonchev–Trinajstić information content (AvgIpc) is 3.44. The molecule has 2 bridgehead atoms. The molecule has 2 N–H and O–H groups in total. The Hall–Kier alpha value is -2.66. The third-order valence-corrected chi connectivity index (χ3v) is 6.67. The number of aromatic nitrogens is 3. The Bertz CT molecular complexity index is 1220. The zero-order valence-electron chi connectivity index (χ0n) is 16.7. The van der Waals surface area contributed by atoms with Crippen LogP contribution in [0, 0.1) is 5.82 Å². The fraction of sp³-hybridized carbons (Fsp3) is 0.333. The van der Waals surface area contributed by atoms with Crippen molar-refractivity contribution in [1.29, 1.82) is 0 Å². The lowest BCUT2D eigenvalue weighted by Crippen LogP contribution is -2.36. The molecule has 2 atom stereocenters. The molecule has 0 unspecified atom stereocenters. The number of rotatable bonds is 6. The van der Waals surface area contributed by atoms with Crippen molar-refractivity contribution in [2.75, 3.05) is 13.2 Å². The first-order valence-corrected chi connectivity index (χ1v) is 11.6. The van der Waals surface area contributed by atoms with Crippen molar-refractivity contribution in [1.82, 2.24) is 19.7 Å². The van der Waals surface area contributed by atoms with Crippen molar-refractivity contribution in [3.8, 4) is 5.69 Å². The summed E-state index contributed by atoms with van der Waals surface area (Å²) in [7, 11) is -4.00. The van der Waals surface area contributed by atoms with Gasteiger partial charge in [-0.1, -0.05) is 30.3 Å². The van der Waals surface area contributed by atoms with Gasteiger partial charge in [-0.15, -0.1) is 5.10 Å². The standard InChI is InChI=1S/C21H22FN5O3S/c22-18-10-17(31(23,28)29)6-7-19(18)27-21(8-14-4-2-1-3-5-14)24-20(25-27)12-26-11-16-9-15(26)13-30-16/h1-7,10,15-16H,8-9,11-13H2,(H2,23,28,29)/t15-,16-/m0/s1. The molecule has 0 aliphatic carbocycles. The van der Waals surface area contributed by atoms with Gasteiger partial charge in [0.15, 0.2) is 5.82 Å². The summed E-state index contributed by atoms with van der Waals surface area (Å²) in [6.45, 7) is 2.10. The Morgan fingerprint density at radius 2 is 2.00 bits per heavy atom. The molecule has 3 aromatic rings. The summed E-state index contributed by atoms with van der Waals surface area (Å²) < 4.78 is 45.1. The number of hydrogen-bond donors (Lipinski definition) is 1. The van der Waals surface area contributed by atoms with Gasteiger partial charge in [0.05, 0.1) is 24.2 Å². The Labute approximate surface area is 179 Å². The van der Waals surface area contributed by atoms with Crippen LogP contribution in [-0.4, -0.2) is 53.4 Å². The van der Waals surface area contributed by atoms with Crippen LogP contribution in [0.3, 0.4) is 0 Å². The number of sulfonamides is 1. The lowest BCUT2D eigenvalue weighted by molar-refractivity contribution is 0.0263. The lowest BCUT2D eigenvalue weighted by atomic mass is 10.1. The number of nitrogens with zero attached hydrogens (tertiary/aromatic N) is 4. The first kappa shape index (κ1) is 20.3. The summed E-state index contributed by atoms with van der Waals surface area (Å²) in [5.41, 5.74) is 1.14. The van der Waals surface area contributed by atoms with Crippen LogP contribution in [0.15, 0.2) is 53.4 Å². The van der Waals surface area contributed by atoms with Crippen LogP contribution in [0.2, 0.25) is 0 Å². The molecular formula is C21H22FN5O3S. The van der Waals surface area contributed by atoms with Gasteiger partial charge in [-0.05, 0) is 30.2 Å². The lowest BCUT2D eigenvalue weighted by Gasteiger charge is -2.25. The average molecular weight is 444 g/mol. The normalized spacial score (nSPS) is 21.1. The van der Waals surface area contributed by atoms with Gasteiger partial charge in [-0.25, -0.2) is 27.6 Å². The van der Waals surface area contributed by atoms with E-state index in [1.54, 1.807) is 0 Å². The van der Waals surface area contributed by atoms with E-state index in [1.165, 1.54) is 16.8 Å². The molecule has 2 aliphatic rings. The van der Waals surface area contributed by atoms with E-state index in [0.29, 0.717) is 37.3 Å². The van der Waals surface area contributed by atoms with E-state index in [4.69, 9.17) is 14.9 Å². The molecular weight excluding hydrogens is 421 g/mol. The predicted octanol–water partition coefficient (Wildman–Crippen LogP) is 1.62. The van der Waals surface area contributed by atoms with Crippen LogP contribution < -0.4 is 5.14 Å². The number of halogens is 1. The molecule has 2 aliphatic heterocycles. The minimum atomic E-state index is -4.00. The van der Waals surface area contributed by atoms with Crippen molar-refractivity contribution in [2.45, 2.75) is 36.4 Å². The summed E-state index contributed by atoms with van der Waals surface area (Å²) in [4.78, 5) is 6.71. The highest BCUT2D eigenvalue weighted by molar-refractivity contribution is 7.89. The van der Waals surface area contributed by atoms with Crippen molar-refractivity contribution >= 4 is 10.0 Å². The topological polar surface area (TPSA) is 103 Å². The zero-order chi connectivity index (χ0) is 21.6. The van der Waals surface area contributed by atoms with E-state index in [2.05, 4.69) is 10.00 Å². The van der Waals surface area contributed by atoms with Gasteiger partial charge in [0.25, 0.3) is 0 Å². The van der Waals surface area contributed by atoms with Gasteiger partial charge in [-0.2, -0.15) is 0 Å². The molecule has 162 valence electrons. The van der Waals surface area contributed by atoms with Crippen LogP contribution in [0.5, 0.6) is 0 Å². The molecule has 31 heavy (non-hydrogen) atoms. The fourth-order valence-electron chi connectivity index (χ4n) is 4.24. The molecule has 8 nitrogen and oxygen atoms in total. The Morgan fingerprint density at radius 1 is 1.19 bits per heavy atom. The van der Waals surface area contributed by atoms with E-state index >= 15 is 0 Å². The van der Waals surface area contributed by atoms with Gasteiger partial charge in [-0.3, -0.25) is 4.90 Å². The minimum absolute atomic E-state index is 0.128. The molecule has 5 rings (SSSR count). The largest absolute Gasteiger partial charge is 0.375 e. The van der Waals surface area contributed by atoms with Crippen LogP contribution in [0.25, 0.3) is 5.69 Å². The molecule has 0 amide bonds. The fourth-order valence-corrected chi connectivity index (χ4v) is 4.76. The van der Waals surface area contributed by atoms with E-state index in [9.17, 15) is 12.8 Å². The van der Waals surface area contributed by atoms with Crippen LogP contribution in [0.4, 0.5) is 4.39 Å². The second kappa shape index (κ2) is 7.79. The Balaban J connectivity index is 1.50. The number of hydrogen-bond acceptors (Lipinski definition) is 6. The van der Waals surface area contributed by atoms with Crippen LogP contribution >= 0.6 is 0 Å². The predicted molar refractivity (Wildman–Crippen MR) is 110 cm³/mol. The van der Waals surface area contributed by atoms with E-state index < -0.39 is 15.8 Å². The third-order valence-electron chi connectivity index (χ3n) is 5.76. The number of primary sulfonamides is 1. The highest BCUT2D eigenvalue weighted by atomic mass is 32.2. The van der Waals surface area contributed by atoms with Crippen molar-refractivity contribution in [3.05, 3.63) is 71.6 Å². The second-order valence-electron chi connectivity index (χ2n) is 7.95. The quantitative estimate of drug-likeness (QED) is 0.621. The van der Waals surface area contributed by atoms with Crippen LogP contribution in [0.1, 0.15) is 23.6 Å². The summed E-state index contributed by atoms with van der Waals surface area (Å²) >= 11 is 0. The summed E-state index contributed by atoms with van der Waals surface area (Å²) in [6.07, 6.45) is 1.74. The number of morpholine rings is 1.